The summed E-state index contributed by atoms with van der Waals surface area (Å²) >= 11 is 7.45. The zero-order valence-electron chi connectivity index (χ0n) is 17.1. The quantitative estimate of drug-likeness (QED) is 0.374. The lowest BCUT2D eigenvalue weighted by Crippen LogP contribution is -2.47. The van der Waals surface area contributed by atoms with E-state index >= 15 is 0 Å². The van der Waals surface area contributed by atoms with Gasteiger partial charge in [0.2, 0.25) is 5.91 Å². The highest BCUT2D eigenvalue weighted by molar-refractivity contribution is 7.99. The van der Waals surface area contributed by atoms with Crippen molar-refractivity contribution < 1.29 is 9.18 Å². The third-order valence-corrected chi connectivity index (χ3v) is 5.71. The number of likely N-dealkylation sites (N-methyl/N-ethyl adjacent to an activating group) is 1. The van der Waals surface area contributed by atoms with E-state index in [0.717, 1.165) is 12.4 Å². The van der Waals surface area contributed by atoms with Crippen molar-refractivity contribution in [1.82, 2.24) is 20.2 Å². The number of para-hydroxylation sites is 1. The molecule has 1 saturated heterocycles. The van der Waals surface area contributed by atoms with Crippen LogP contribution in [0.15, 0.2) is 35.5 Å². The normalized spacial score (nSPS) is 14.3. The third kappa shape index (κ3) is 6.45. The summed E-state index contributed by atoms with van der Waals surface area (Å²) < 4.78 is 14.0. The molecule has 1 N–H and O–H groups in total. The first kappa shape index (κ1) is 22.6. The van der Waals surface area contributed by atoms with Crippen molar-refractivity contribution in [1.29, 1.82) is 0 Å². The highest BCUT2D eigenvalue weighted by Gasteiger charge is 2.21. The molecule has 1 aliphatic heterocycles. The van der Waals surface area contributed by atoms with Gasteiger partial charge in [-0.1, -0.05) is 35.5 Å². The standard InChI is InChI=1S/C20H26ClFN6OS/c1-26(2)8-7-23-19(29)14-30-20-24-17(21)13-18(25-20)28-11-9-27(10-12-28)16-6-4-3-5-15(16)22/h3-6,13H,7-12,14H2,1-2H3,(H,23,29). The number of aromatic nitrogens is 2. The molecule has 2 heterocycles. The average molecular weight is 453 g/mol. The van der Waals surface area contributed by atoms with Crippen molar-refractivity contribution in [2.24, 2.45) is 0 Å². The van der Waals surface area contributed by atoms with Gasteiger partial charge in [-0.25, -0.2) is 14.4 Å². The van der Waals surface area contributed by atoms with Crippen LogP contribution in [0, 0.1) is 5.82 Å². The highest BCUT2D eigenvalue weighted by atomic mass is 35.5. The Labute approximate surface area is 185 Å². The summed E-state index contributed by atoms with van der Waals surface area (Å²) in [5, 5.41) is 3.67. The van der Waals surface area contributed by atoms with Gasteiger partial charge >= 0.3 is 0 Å². The van der Waals surface area contributed by atoms with Gasteiger partial charge in [0, 0.05) is 45.3 Å². The van der Waals surface area contributed by atoms with E-state index in [1.807, 2.05) is 30.0 Å². The molecular formula is C20H26ClFN6OS. The van der Waals surface area contributed by atoms with Crippen LogP contribution in [0.2, 0.25) is 5.15 Å². The minimum absolute atomic E-state index is 0.0644. The summed E-state index contributed by atoms with van der Waals surface area (Å²) in [5.41, 5.74) is 0.620. The average Bonchev–Trinajstić information content (AvgIpc) is 2.72. The first-order valence-corrected chi connectivity index (χ1v) is 11.1. The van der Waals surface area contributed by atoms with Gasteiger partial charge in [0.25, 0.3) is 0 Å². The number of nitrogens with one attached hydrogen (secondary N) is 1. The lowest BCUT2D eigenvalue weighted by atomic mass is 10.2. The highest BCUT2D eigenvalue weighted by Crippen LogP contribution is 2.25. The summed E-state index contributed by atoms with van der Waals surface area (Å²) in [6.07, 6.45) is 0. The van der Waals surface area contributed by atoms with E-state index in [1.54, 1.807) is 18.2 Å². The second kappa shape index (κ2) is 10.8. The molecule has 1 aliphatic rings. The Morgan fingerprint density at radius 1 is 1.20 bits per heavy atom. The van der Waals surface area contributed by atoms with E-state index < -0.39 is 0 Å². The molecule has 0 bridgehead atoms. The van der Waals surface area contributed by atoms with E-state index in [4.69, 9.17) is 11.6 Å². The number of carbonyl (C=O) groups excluding carboxylic acids is 1. The SMILES string of the molecule is CN(C)CCNC(=O)CSc1nc(Cl)cc(N2CCN(c3ccccc3F)CC2)n1. The van der Waals surface area contributed by atoms with E-state index in [1.165, 1.54) is 17.8 Å². The summed E-state index contributed by atoms with van der Waals surface area (Å²) in [5.74, 6) is 0.677. The second-order valence-electron chi connectivity index (χ2n) is 7.20. The maximum absolute atomic E-state index is 14.0. The van der Waals surface area contributed by atoms with Gasteiger partial charge in [-0.2, -0.15) is 0 Å². The Morgan fingerprint density at radius 3 is 2.60 bits per heavy atom. The molecule has 0 spiro atoms. The number of thioether (sulfide) groups is 1. The molecule has 0 unspecified atom stereocenters. The van der Waals surface area contributed by atoms with Crippen molar-refractivity contribution in [2.75, 3.05) is 68.9 Å². The molecule has 162 valence electrons. The number of rotatable bonds is 8. The fourth-order valence-corrected chi connectivity index (χ4v) is 4.01. The second-order valence-corrected chi connectivity index (χ2v) is 8.53. The maximum atomic E-state index is 14.0. The Balaban J connectivity index is 1.55. The van der Waals surface area contributed by atoms with E-state index in [-0.39, 0.29) is 17.5 Å². The Bertz CT molecular complexity index is 863. The fraction of sp³-hybridized carbons (Fsp3) is 0.450. The van der Waals surface area contributed by atoms with E-state index in [2.05, 4.69) is 20.2 Å². The summed E-state index contributed by atoms with van der Waals surface area (Å²) in [7, 11) is 3.91. The first-order chi connectivity index (χ1) is 14.4. The van der Waals surface area contributed by atoms with Crippen LogP contribution in [0.5, 0.6) is 0 Å². The Hall–Kier alpha value is -2.10. The van der Waals surface area contributed by atoms with Crippen molar-refractivity contribution in [3.05, 3.63) is 41.3 Å². The summed E-state index contributed by atoms with van der Waals surface area (Å²) in [6, 6.07) is 8.54. The number of halogens is 2. The van der Waals surface area contributed by atoms with Crippen LogP contribution >= 0.6 is 23.4 Å². The molecule has 0 radical (unpaired) electrons. The molecule has 0 saturated carbocycles. The molecule has 1 fully saturated rings. The van der Waals surface area contributed by atoms with Gasteiger partial charge in [-0.3, -0.25) is 4.79 Å². The Kier molecular flexibility index (Phi) is 8.12. The lowest BCUT2D eigenvalue weighted by Gasteiger charge is -2.36. The molecule has 3 rings (SSSR count). The number of nitrogens with zero attached hydrogens (tertiary/aromatic N) is 5. The number of anilines is 2. The minimum Gasteiger partial charge on any atom is -0.366 e. The van der Waals surface area contributed by atoms with Crippen LogP contribution in [0.25, 0.3) is 0 Å². The van der Waals surface area contributed by atoms with Crippen molar-refractivity contribution >= 4 is 40.8 Å². The maximum Gasteiger partial charge on any atom is 0.230 e. The number of hydrogen-bond acceptors (Lipinski definition) is 7. The molecule has 7 nitrogen and oxygen atoms in total. The third-order valence-electron chi connectivity index (χ3n) is 4.67. The molecule has 0 aliphatic carbocycles. The lowest BCUT2D eigenvalue weighted by molar-refractivity contribution is -0.118. The zero-order valence-corrected chi connectivity index (χ0v) is 18.7. The molecule has 1 aromatic carbocycles. The first-order valence-electron chi connectivity index (χ1n) is 9.75. The molecule has 30 heavy (non-hydrogen) atoms. The van der Waals surface area contributed by atoms with Gasteiger partial charge < -0.3 is 20.0 Å². The molecule has 10 heteroatoms. The molecule has 1 aromatic heterocycles. The number of amides is 1. The summed E-state index contributed by atoms with van der Waals surface area (Å²) in [4.78, 5) is 26.9. The van der Waals surface area contributed by atoms with Gasteiger partial charge in [0.05, 0.1) is 11.4 Å². The van der Waals surface area contributed by atoms with Gasteiger partial charge in [-0.15, -0.1) is 0 Å². The number of carbonyl (C=O) groups is 1. The minimum atomic E-state index is -0.210. The smallest absolute Gasteiger partial charge is 0.230 e. The van der Waals surface area contributed by atoms with Gasteiger partial charge in [0.1, 0.15) is 16.8 Å². The largest absolute Gasteiger partial charge is 0.366 e. The number of benzene rings is 1. The van der Waals surface area contributed by atoms with Crippen LogP contribution < -0.4 is 15.1 Å². The zero-order chi connectivity index (χ0) is 21.5. The van der Waals surface area contributed by atoms with Crippen molar-refractivity contribution in [2.45, 2.75) is 5.16 Å². The van der Waals surface area contributed by atoms with Gasteiger partial charge in [0.15, 0.2) is 5.16 Å². The van der Waals surface area contributed by atoms with Crippen molar-refractivity contribution in [3.8, 4) is 0 Å². The molecule has 1 amide bonds. The van der Waals surface area contributed by atoms with Crippen LogP contribution in [0.1, 0.15) is 0 Å². The molecular weight excluding hydrogens is 427 g/mol. The van der Waals surface area contributed by atoms with Crippen LogP contribution in [-0.4, -0.2) is 79.9 Å². The van der Waals surface area contributed by atoms with E-state index in [0.29, 0.717) is 48.7 Å². The van der Waals surface area contributed by atoms with Crippen molar-refractivity contribution in [3.63, 3.8) is 0 Å². The monoisotopic (exact) mass is 452 g/mol. The van der Waals surface area contributed by atoms with Crippen LogP contribution in [-0.2, 0) is 4.79 Å². The number of hydrogen-bond donors (Lipinski definition) is 1. The number of piperazine rings is 1. The predicted molar refractivity (Wildman–Crippen MR) is 120 cm³/mol. The van der Waals surface area contributed by atoms with E-state index in [9.17, 15) is 9.18 Å². The Morgan fingerprint density at radius 2 is 1.90 bits per heavy atom. The van der Waals surface area contributed by atoms with Crippen LogP contribution in [0.4, 0.5) is 15.9 Å². The predicted octanol–water partition coefficient (Wildman–Crippen LogP) is 2.37. The van der Waals surface area contributed by atoms with Crippen LogP contribution in [0.3, 0.4) is 0 Å². The molecule has 2 aromatic rings. The van der Waals surface area contributed by atoms with Gasteiger partial charge in [-0.05, 0) is 26.2 Å². The fourth-order valence-electron chi connectivity index (χ4n) is 3.10. The molecule has 0 atom stereocenters. The summed E-state index contributed by atoms with van der Waals surface area (Å²) in [6.45, 7) is 4.12. The topological polar surface area (TPSA) is 64.6 Å².